The van der Waals surface area contributed by atoms with Gasteiger partial charge in [-0.2, -0.15) is 0 Å². The van der Waals surface area contributed by atoms with Gasteiger partial charge in [0.2, 0.25) is 0 Å². The molecular formula is C14H28N2O2S. The predicted molar refractivity (Wildman–Crippen MR) is 79.1 cm³/mol. The topological polar surface area (TPSA) is 49.4 Å². The predicted octanol–water partition coefficient (Wildman–Crippen LogP) is 1.27. The van der Waals surface area contributed by atoms with Gasteiger partial charge in [0, 0.05) is 12.3 Å². The van der Waals surface area contributed by atoms with Crippen molar-refractivity contribution in [3.05, 3.63) is 0 Å². The molecule has 112 valence electrons. The molecule has 1 saturated carbocycles. The van der Waals surface area contributed by atoms with Gasteiger partial charge in [-0.25, -0.2) is 8.42 Å². The van der Waals surface area contributed by atoms with E-state index in [0.29, 0.717) is 0 Å². The molecule has 2 fully saturated rings. The summed E-state index contributed by atoms with van der Waals surface area (Å²) in [4.78, 5) is 2.49. The molecule has 1 heterocycles. The molecule has 1 N–H and O–H groups in total. The molecule has 0 radical (unpaired) electrons. The number of likely N-dealkylation sites (tertiary alicyclic amines) is 1. The monoisotopic (exact) mass is 288 g/mol. The van der Waals surface area contributed by atoms with Crippen LogP contribution in [-0.2, 0) is 9.84 Å². The van der Waals surface area contributed by atoms with E-state index in [2.05, 4.69) is 17.1 Å². The molecule has 1 aliphatic heterocycles. The highest BCUT2D eigenvalue weighted by Crippen LogP contribution is 2.26. The van der Waals surface area contributed by atoms with E-state index in [1.807, 2.05) is 0 Å². The van der Waals surface area contributed by atoms with Crippen LogP contribution in [0.4, 0.5) is 0 Å². The van der Waals surface area contributed by atoms with Crippen LogP contribution in [0.25, 0.3) is 0 Å². The fourth-order valence-corrected chi connectivity index (χ4v) is 4.92. The molecule has 0 aromatic heterocycles. The van der Waals surface area contributed by atoms with E-state index in [1.165, 1.54) is 32.2 Å². The summed E-state index contributed by atoms with van der Waals surface area (Å²) >= 11 is 0. The van der Waals surface area contributed by atoms with E-state index < -0.39 is 9.84 Å². The summed E-state index contributed by atoms with van der Waals surface area (Å²) in [5.41, 5.74) is 0. The number of piperidine rings is 1. The molecule has 0 aromatic carbocycles. The largest absolute Gasteiger partial charge is 0.312 e. The van der Waals surface area contributed by atoms with Crippen molar-refractivity contribution < 1.29 is 8.42 Å². The van der Waals surface area contributed by atoms with Crippen LogP contribution in [0.5, 0.6) is 0 Å². The average Bonchev–Trinajstić information content (AvgIpc) is 2.85. The highest BCUT2D eigenvalue weighted by atomic mass is 32.2. The van der Waals surface area contributed by atoms with Crippen LogP contribution in [0.3, 0.4) is 0 Å². The lowest BCUT2D eigenvalue weighted by Gasteiger charge is -2.32. The molecule has 1 aliphatic carbocycles. The van der Waals surface area contributed by atoms with Gasteiger partial charge in [-0.05, 0) is 57.8 Å². The third kappa shape index (κ3) is 4.17. The second kappa shape index (κ2) is 6.55. The Labute approximate surface area is 117 Å². The summed E-state index contributed by atoms with van der Waals surface area (Å²) in [5.74, 6) is 0.726. The van der Waals surface area contributed by atoms with Crippen LogP contribution in [0.15, 0.2) is 0 Å². The van der Waals surface area contributed by atoms with Crippen LogP contribution in [-0.4, -0.2) is 57.0 Å². The molecule has 4 nitrogen and oxygen atoms in total. The van der Waals surface area contributed by atoms with Crippen molar-refractivity contribution in [3.8, 4) is 0 Å². The van der Waals surface area contributed by atoms with E-state index in [1.54, 1.807) is 0 Å². The Morgan fingerprint density at radius 1 is 1.16 bits per heavy atom. The third-order valence-corrected chi connectivity index (χ3v) is 6.49. The lowest BCUT2D eigenvalue weighted by molar-refractivity contribution is 0.187. The summed E-state index contributed by atoms with van der Waals surface area (Å²) in [6.45, 7) is 6.76. The van der Waals surface area contributed by atoms with Crippen LogP contribution < -0.4 is 5.32 Å². The van der Waals surface area contributed by atoms with Crippen LogP contribution >= 0.6 is 0 Å². The molecule has 2 aliphatic rings. The minimum absolute atomic E-state index is 0.150. The van der Waals surface area contributed by atoms with E-state index in [-0.39, 0.29) is 11.3 Å². The van der Waals surface area contributed by atoms with E-state index in [9.17, 15) is 8.42 Å². The van der Waals surface area contributed by atoms with Crippen molar-refractivity contribution in [2.75, 3.05) is 32.4 Å². The Balaban J connectivity index is 1.76. The van der Waals surface area contributed by atoms with Crippen molar-refractivity contribution >= 4 is 9.84 Å². The van der Waals surface area contributed by atoms with E-state index in [4.69, 9.17) is 0 Å². The summed E-state index contributed by atoms with van der Waals surface area (Å²) < 4.78 is 23.5. The zero-order chi connectivity index (χ0) is 13.9. The van der Waals surface area contributed by atoms with Crippen molar-refractivity contribution in [1.82, 2.24) is 10.2 Å². The van der Waals surface area contributed by atoms with Gasteiger partial charge in [0.15, 0.2) is 9.84 Å². The Hall–Kier alpha value is -0.130. The fraction of sp³-hybridized carbons (Fsp3) is 1.00. The Bertz CT molecular complexity index is 375. The maximum absolute atomic E-state index is 11.7. The van der Waals surface area contributed by atoms with Gasteiger partial charge >= 0.3 is 0 Å². The van der Waals surface area contributed by atoms with E-state index in [0.717, 1.165) is 38.3 Å². The second-order valence-electron chi connectivity index (χ2n) is 6.19. The molecule has 19 heavy (non-hydrogen) atoms. The number of hydrogen-bond acceptors (Lipinski definition) is 4. The van der Waals surface area contributed by atoms with Crippen molar-refractivity contribution in [2.45, 2.75) is 50.3 Å². The average molecular weight is 288 g/mol. The Morgan fingerprint density at radius 2 is 1.84 bits per heavy atom. The maximum atomic E-state index is 11.7. The van der Waals surface area contributed by atoms with Gasteiger partial charge in [0.1, 0.15) is 0 Å². The zero-order valence-corrected chi connectivity index (χ0v) is 13.1. The molecule has 2 atom stereocenters. The number of rotatable bonds is 5. The van der Waals surface area contributed by atoms with Crippen molar-refractivity contribution in [3.63, 3.8) is 0 Å². The quantitative estimate of drug-likeness (QED) is 0.828. The molecular weight excluding hydrogens is 260 g/mol. The minimum Gasteiger partial charge on any atom is -0.312 e. The SMILES string of the molecule is CCN1CCC(CNC2CCCC2S(C)(=O)=O)CC1. The van der Waals surface area contributed by atoms with Gasteiger partial charge in [-0.3, -0.25) is 0 Å². The Morgan fingerprint density at radius 3 is 2.42 bits per heavy atom. The fourth-order valence-electron chi connectivity index (χ4n) is 3.50. The number of sulfone groups is 1. The van der Waals surface area contributed by atoms with Gasteiger partial charge in [-0.1, -0.05) is 13.3 Å². The normalized spacial score (nSPS) is 30.8. The first-order valence-electron chi connectivity index (χ1n) is 7.65. The van der Waals surface area contributed by atoms with Crippen molar-refractivity contribution in [1.29, 1.82) is 0 Å². The third-order valence-electron chi connectivity index (χ3n) is 4.83. The highest BCUT2D eigenvalue weighted by molar-refractivity contribution is 7.91. The summed E-state index contributed by atoms with van der Waals surface area (Å²) in [5, 5.41) is 3.39. The first-order valence-corrected chi connectivity index (χ1v) is 9.60. The van der Waals surface area contributed by atoms with Crippen LogP contribution in [0, 0.1) is 5.92 Å². The van der Waals surface area contributed by atoms with Gasteiger partial charge in [-0.15, -0.1) is 0 Å². The van der Waals surface area contributed by atoms with Gasteiger partial charge in [0.25, 0.3) is 0 Å². The zero-order valence-electron chi connectivity index (χ0n) is 12.3. The van der Waals surface area contributed by atoms with Crippen LogP contribution in [0.2, 0.25) is 0 Å². The lowest BCUT2D eigenvalue weighted by Crippen LogP contribution is -2.44. The molecule has 5 heteroatoms. The molecule has 1 saturated heterocycles. The number of nitrogens with one attached hydrogen (secondary N) is 1. The summed E-state index contributed by atoms with van der Waals surface area (Å²) in [6.07, 6.45) is 6.78. The minimum atomic E-state index is -2.89. The first-order chi connectivity index (χ1) is 9.00. The smallest absolute Gasteiger partial charge is 0.151 e. The van der Waals surface area contributed by atoms with Gasteiger partial charge in [0.05, 0.1) is 5.25 Å². The maximum Gasteiger partial charge on any atom is 0.151 e. The molecule has 2 rings (SSSR count). The van der Waals surface area contributed by atoms with E-state index >= 15 is 0 Å². The standard InChI is InChI=1S/C14H28N2O2S/c1-3-16-9-7-12(8-10-16)11-15-13-5-4-6-14(13)19(2,17)18/h12-15H,3-11H2,1-2H3. The summed E-state index contributed by atoms with van der Waals surface area (Å²) in [7, 11) is -2.89. The molecule has 0 spiro atoms. The Kier molecular flexibility index (Phi) is 5.26. The number of hydrogen-bond donors (Lipinski definition) is 1. The van der Waals surface area contributed by atoms with Gasteiger partial charge < -0.3 is 10.2 Å². The lowest BCUT2D eigenvalue weighted by atomic mass is 9.96. The second-order valence-corrected chi connectivity index (χ2v) is 8.46. The van der Waals surface area contributed by atoms with Crippen molar-refractivity contribution in [2.24, 2.45) is 5.92 Å². The first kappa shape index (κ1) is 15.3. The number of nitrogens with zero attached hydrogens (tertiary/aromatic N) is 1. The molecule has 2 unspecified atom stereocenters. The molecule has 0 bridgehead atoms. The van der Waals surface area contributed by atoms with Crippen LogP contribution in [0.1, 0.15) is 39.0 Å². The highest BCUT2D eigenvalue weighted by Gasteiger charge is 2.34. The molecule has 0 aromatic rings. The summed E-state index contributed by atoms with van der Waals surface area (Å²) in [6, 6.07) is 0.194. The molecule has 0 amide bonds.